The van der Waals surface area contributed by atoms with Crippen molar-refractivity contribution < 1.29 is 19.7 Å². The first-order valence-electron chi connectivity index (χ1n) is 4.82. The fraction of sp³-hybridized carbons (Fsp3) is 0.800. The van der Waals surface area contributed by atoms with E-state index in [0.29, 0.717) is 6.61 Å². The molecular formula is C10H18O4. The van der Waals surface area contributed by atoms with E-state index in [4.69, 9.17) is 9.47 Å². The van der Waals surface area contributed by atoms with Crippen LogP contribution < -0.4 is 0 Å². The van der Waals surface area contributed by atoms with E-state index in [2.05, 4.69) is 6.58 Å². The Balaban J connectivity index is 2.55. The number of aliphatic hydroxyl groups is 2. The average molecular weight is 202 g/mol. The molecule has 0 aromatic carbocycles. The van der Waals surface area contributed by atoms with Gasteiger partial charge in [0.2, 0.25) is 0 Å². The Morgan fingerprint density at radius 2 is 2.00 bits per heavy atom. The summed E-state index contributed by atoms with van der Waals surface area (Å²) >= 11 is 0. The molecule has 5 atom stereocenters. The summed E-state index contributed by atoms with van der Waals surface area (Å²) in [6.45, 7) is 7.49. The van der Waals surface area contributed by atoms with Crippen molar-refractivity contribution in [2.24, 2.45) is 5.92 Å². The Labute approximate surface area is 84.1 Å². The van der Waals surface area contributed by atoms with Crippen LogP contribution >= 0.6 is 0 Å². The first-order valence-corrected chi connectivity index (χ1v) is 4.82. The molecule has 1 unspecified atom stereocenters. The lowest BCUT2D eigenvalue weighted by atomic mass is 9.92. The highest BCUT2D eigenvalue weighted by Gasteiger charge is 2.40. The van der Waals surface area contributed by atoms with Crippen LogP contribution in [0.25, 0.3) is 0 Å². The van der Waals surface area contributed by atoms with Crippen molar-refractivity contribution in [3.63, 3.8) is 0 Å². The summed E-state index contributed by atoms with van der Waals surface area (Å²) in [5, 5.41) is 19.3. The molecule has 1 fully saturated rings. The number of rotatable bonds is 3. The second-order valence-corrected chi connectivity index (χ2v) is 3.67. The van der Waals surface area contributed by atoms with Gasteiger partial charge in [0.25, 0.3) is 0 Å². The van der Waals surface area contributed by atoms with Gasteiger partial charge in [-0.1, -0.05) is 13.0 Å². The molecule has 0 spiro atoms. The largest absolute Gasteiger partial charge is 0.390 e. The topological polar surface area (TPSA) is 58.9 Å². The van der Waals surface area contributed by atoms with Crippen LogP contribution in [0.4, 0.5) is 0 Å². The van der Waals surface area contributed by atoms with Gasteiger partial charge in [0.05, 0.1) is 18.8 Å². The van der Waals surface area contributed by atoms with E-state index in [1.165, 1.54) is 0 Å². The number of hydrogen-bond acceptors (Lipinski definition) is 4. The van der Waals surface area contributed by atoms with E-state index in [1.807, 2.05) is 13.8 Å². The van der Waals surface area contributed by atoms with Crippen molar-refractivity contribution in [2.45, 2.75) is 38.4 Å². The maximum atomic E-state index is 9.65. The molecule has 82 valence electrons. The normalized spacial score (nSPS) is 43.6. The van der Waals surface area contributed by atoms with Crippen LogP contribution in [0.5, 0.6) is 0 Å². The molecule has 1 aliphatic rings. The minimum Gasteiger partial charge on any atom is -0.390 e. The van der Waals surface area contributed by atoms with E-state index >= 15 is 0 Å². The SMILES string of the molecule is C=CCOC1O[C@@H](C)[C@H](C)[C@@H](O)[C@H]1O. The predicted octanol–water partition coefficient (Wildman–Crippen LogP) is 0.292. The van der Waals surface area contributed by atoms with Gasteiger partial charge < -0.3 is 19.7 Å². The first-order chi connectivity index (χ1) is 6.57. The third kappa shape index (κ3) is 2.33. The number of hydrogen-bond donors (Lipinski definition) is 2. The molecule has 0 bridgehead atoms. The number of aliphatic hydroxyl groups excluding tert-OH is 2. The highest BCUT2D eigenvalue weighted by atomic mass is 16.7. The molecule has 14 heavy (non-hydrogen) atoms. The molecule has 0 radical (unpaired) electrons. The van der Waals surface area contributed by atoms with Crippen LogP contribution in [0.1, 0.15) is 13.8 Å². The van der Waals surface area contributed by atoms with E-state index in [0.717, 1.165) is 0 Å². The minimum atomic E-state index is -0.985. The summed E-state index contributed by atoms with van der Waals surface area (Å²) in [6, 6.07) is 0. The average Bonchev–Trinajstić information content (AvgIpc) is 2.18. The molecule has 4 nitrogen and oxygen atoms in total. The van der Waals surface area contributed by atoms with Crippen molar-refractivity contribution in [3.8, 4) is 0 Å². The lowest BCUT2D eigenvalue weighted by molar-refractivity contribution is -0.276. The molecule has 1 rings (SSSR count). The standard InChI is InChI=1S/C10H18O4/c1-4-5-13-10-9(12)8(11)6(2)7(3)14-10/h4,6-12H,1,5H2,2-3H3/t6-,7-,8+,9+,10?/m0/s1. The summed E-state index contributed by atoms with van der Waals surface area (Å²) in [4.78, 5) is 0. The molecule has 2 N–H and O–H groups in total. The third-order valence-corrected chi connectivity index (χ3v) is 2.64. The zero-order chi connectivity index (χ0) is 10.7. The molecule has 1 aliphatic heterocycles. The maximum absolute atomic E-state index is 9.65. The highest BCUT2D eigenvalue weighted by molar-refractivity contribution is 4.85. The van der Waals surface area contributed by atoms with Gasteiger partial charge in [-0.15, -0.1) is 6.58 Å². The molecule has 1 saturated heterocycles. The molecule has 0 saturated carbocycles. The molecule has 0 aromatic rings. The Bertz CT molecular complexity index is 195. The summed E-state index contributed by atoms with van der Waals surface area (Å²) in [6.07, 6.45) is -1.09. The zero-order valence-corrected chi connectivity index (χ0v) is 8.59. The van der Waals surface area contributed by atoms with Gasteiger partial charge in [-0.3, -0.25) is 0 Å². The highest BCUT2D eigenvalue weighted by Crippen LogP contribution is 2.26. The molecule has 4 heteroatoms. The van der Waals surface area contributed by atoms with Crippen LogP contribution in [-0.4, -0.2) is 41.4 Å². The van der Waals surface area contributed by atoms with Gasteiger partial charge in [0.1, 0.15) is 6.10 Å². The Morgan fingerprint density at radius 3 is 2.57 bits per heavy atom. The monoisotopic (exact) mass is 202 g/mol. The number of ether oxygens (including phenoxy) is 2. The smallest absolute Gasteiger partial charge is 0.186 e. The van der Waals surface area contributed by atoms with Gasteiger partial charge in [-0.2, -0.15) is 0 Å². The summed E-state index contributed by atoms with van der Waals surface area (Å²) < 4.78 is 10.6. The quantitative estimate of drug-likeness (QED) is 0.646. The third-order valence-electron chi connectivity index (χ3n) is 2.64. The second-order valence-electron chi connectivity index (χ2n) is 3.67. The lowest BCUT2D eigenvalue weighted by Gasteiger charge is -2.39. The van der Waals surface area contributed by atoms with Crippen molar-refractivity contribution in [1.82, 2.24) is 0 Å². The fourth-order valence-corrected chi connectivity index (χ4v) is 1.47. The first kappa shape index (κ1) is 11.7. The zero-order valence-electron chi connectivity index (χ0n) is 8.59. The second kappa shape index (κ2) is 4.89. The minimum absolute atomic E-state index is 0.0893. The van der Waals surface area contributed by atoms with Gasteiger partial charge in [0.15, 0.2) is 6.29 Å². The molecule has 0 aliphatic carbocycles. The molecular weight excluding hydrogens is 184 g/mol. The Kier molecular flexibility index (Phi) is 4.07. The van der Waals surface area contributed by atoms with E-state index in [1.54, 1.807) is 6.08 Å². The lowest BCUT2D eigenvalue weighted by Crippen LogP contribution is -2.53. The van der Waals surface area contributed by atoms with Crippen LogP contribution in [0.2, 0.25) is 0 Å². The van der Waals surface area contributed by atoms with Crippen molar-refractivity contribution >= 4 is 0 Å². The Hall–Kier alpha value is -0.420. The van der Waals surface area contributed by atoms with Crippen LogP contribution in [0, 0.1) is 5.92 Å². The van der Waals surface area contributed by atoms with E-state index in [-0.39, 0.29) is 12.0 Å². The summed E-state index contributed by atoms with van der Waals surface area (Å²) in [7, 11) is 0. The van der Waals surface area contributed by atoms with Crippen molar-refractivity contribution in [1.29, 1.82) is 0 Å². The van der Waals surface area contributed by atoms with Crippen molar-refractivity contribution in [3.05, 3.63) is 12.7 Å². The van der Waals surface area contributed by atoms with Crippen LogP contribution in [-0.2, 0) is 9.47 Å². The van der Waals surface area contributed by atoms with Gasteiger partial charge in [-0.05, 0) is 6.92 Å². The van der Waals surface area contributed by atoms with Gasteiger partial charge in [-0.25, -0.2) is 0 Å². The summed E-state index contributed by atoms with van der Waals surface area (Å²) in [5.74, 6) is -0.0893. The molecule has 0 aromatic heterocycles. The van der Waals surface area contributed by atoms with Crippen LogP contribution in [0.3, 0.4) is 0 Å². The van der Waals surface area contributed by atoms with Gasteiger partial charge >= 0.3 is 0 Å². The Morgan fingerprint density at radius 1 is 1.36 bits per heavy atom. The maximum Gasteiger partial charge on any atom is 0.186 e. The van der Waals surface area contributed by atoms with E-state index in [9.17, 15) is 10.2 Å². The molecule has 1 heterocycles. The van der Waals surface area contributed by atoms with E-state index < -0.39 is 18.5 Å². The molecule has 0 amide bonds. The van der Waals surface area contributed by atoms with Crippen molar-refractivity contribution in [2.75, 3.05) is 6.61 Å². The summed E-state index contributed by atoms with van der Waals surface area (Å²) in [5.41, 5.74) is 0. The van der Waals surface area contributed by atoms with Crippen LogP contribution in [0.15, 0.2) is 12.7 Å². The fourth-order valence-electron chi connectivity index (χ4n) is 1.47. The van der Waals surface area contributed by atoms with Gasteiger partial charge in [0, 0.05) is 5.92 Å². The predicted molar refractivity (Wildman–Crippen MR) is 51.7 cm³/mol.